The van der Waals surface area contributed by atoms with Crippen molar-refractivity contribution in [2.24, 2.45) is 5.73 Å². The second kappa shape index (κ2) is 12.8. The molecule has 1 saturated heterocycles. The van der Waals surface area contributed by atoms with Crippen LogP contribution >= 0.6 is 0 Å². The van der Waals surface area contributed by atoms with Crippen LogP contribution in [0.15, 0.2) is 66.7 Å². The van der Waals surface area contributed by atoms with E-state index in [1.54, 1.807) is 29.0 Å². The van der Waals surface area contributed by atoms with Gasteiger partial charge in [0, 0.05) is 32.6 Å². The van der Waals surface area contributed by atoms with Crippen LogP contribution in [0.1, 0.15) is 37.3 Å². The highest BCUT2D eigenvalue weighted by molar-refractivity contribution is 5.91. The van der Waals surface area contributed by atoms with Crippen molar-refractivity contribution in [1.29, 1.82) is 0 Å². The van der Waals surface area contributed by atoms with Crippen molar-refractivity contribution >= 4 is 28.5 Å². The van der Waals surface area contributed by atoms with Crippen molar-refractivity contribution in [3.63, 3.8) is 0 Å². The third-order valence-corrected chi connectivity index (χ3v) is 7.48. The van der Waals surface area contributed by atoms with Crippen LogP contribution in [0, 0.1) is 5.82 Å². The fraction of sp³-hybridized carbons (Fsp3) is 0.387. The maximum Gasteiger partial charge on any atom is 0.245 e. The molecule has 0 radical (unpaired) electrons. The van der Waals surface area contributed by atoms with Crippen molar-refractivity contribution in [3.8, 4) is 0 Å². The molecule has 206 valence electrons. The topological polar surface area (TPSA) is 95.7 Å². The quantitative estimate of drug-likeness (QED) is 0.418. The van der Waals surface area contributed by atoms with Gasteiger partial charge >= 0.3 is 0 Å². The molecule has 3 amide bonds. The minimum atomic E-state index is -0.839. The van der Waals surface area contributed by atoms with Crippen LogP contribution < -0.4 is 11.1 Å². The molecule has 3 N–H and O–H groups in total. The Hall–Kier alpha value is -3.78. The zero-order valence-corrected chi connectivity index (χ0v) is 22.6. The van der Waals surface area contributed by atoms with Gasteiger partial charge in [0.05, 0.1) is 6.04 Å². The number of benzene rings is 3. The summed E-state index contributed by atoms with van der Waals surface area (Å²) in [6, 6.07) is 18.4. The summed E-state index contributed by atoms with van der Waals surface area (Å²) in [5.41, 5.74) is 8.09. The fourth-order valence-electron chi connectivity index (χ4n) is 5.41. The number of fused-ring (bicyclic) bond motifs is 1. The second-order valence-corrected chi connectivity index (χ2v) is 10.2. The smallest absolute Gasteiger partial charge is 0.245 e. The Balaban J connectivity index is 1.53. The second-order valence-electron chi connectivity index (χ2n) is 10.2. The van der Waals surface area contributed by atoms with Gasteiger partial charge in [-0.25, -0.2) is 4.39 Å². The van der Waals surface area contributed by atoms with E-state index >= 15 is 0 Å². The Morgan fingerprint density at radius 2 is 1.69 bits per heavy atom. The molecule has 3 unspecified atom stereocenters. The Kier molecular flexibility index (Phi) is 9.30. The van der Waals surface area contributed by atoms with Gasteiger partial charge in [-0.15, -0.1) is 0 Å². The summed E-state index contributed by atoms with van der Waals surface area (Å²) in [6.07, 6.45) is 2.18. The van der Waals surface area contributed by atoms with Gasteiger partial charge in [-0.2, -0.15) is 0 Å². The Bertz CT molecular complexity index is 1310. The van der Waals surface area contributed by atoms with Gasteiger partial charge in [0.2, 0.25) is 17.7 Å². The van der Waals surface area contributed by atoms with Crippen molar-refractivity contribution in [2.45, 2.75) is 57.2 Å². The number of piperazine rings is 1. The van der Waals surface area contributed by atoms with E-state index in [9.17, 15) is 18.8 Å². The molecule has 3 aromatic carbocycles. The van der Waals surface area contributed by atoms with Gasteiger partial charge in [-0.1, -0.05) is 67.9 Å². The number of nitrogens with zero attached hydrogens (tertiary/aromatic N) is 2. The average Bonchev–Trinajstić information content (AvgIpc) is 2.94. The summed E-state index contributed by atoms with van der Waals surface area (Å²) in [5.74, 6) is -0.929. The van der Waals surface area contributed by atoms with Crippen molar-refractivity contribution < 1.29 is 18.8 Å². The number of hydrogen-bond donors (Lipinski definition) is 2. The normalized spacial score (nSPS) is 17.2. The summed E-state index contributed by atoms with van der Waals surface area (Å²) in [5, 5.41) is 4.93. The maximum absolute atomic E-state index is 13.9. The largest absolute Gasteiger partial charge is 0.359 e. The van der Waals surface area contributed by atoms with Crippen LogP contribution in [0.25, 0.3) is 10.8 Å². The van der Waals surface area contributed by atoms with Crippen LogP contribution in [-0.4, -0.2) is 65.8 Å². The molecule has 1 aliphatic heterocycles. The molecule has 0 aliphatic carbocycles. The van der Waals surface area contributed by atoms with Gasteiger partial charge in [-0.3, -0.25) is 14.4 Å². The number of hydrogen-bond acceptors (Lipinski definition) is 4. The maximum atomic E-state index is 13.9. The van der Waals surface area contributed by atoms with Crippen LogP contribution in [0.2, 0.25) is 0 Å². The first-order valence-electron chi connectivity index (χ1n) is 13.6. The third-order valence-electron chi connectivity index (χ3n) is 7.48. The predicted octanol–water partition coefficient (Wildman–Crippen LogP) is 3.44. The van der Waals surface area contributed by atoms with Crippen molar-refractivity contribution in [2.75, 3.05) is 20.1 Å². The Morgan fingerprint density at radius 3 is 2.38 bits per heavy atom. The first-order valence-corrected chi connectivity index (χ1v) is 13.6. The zero-order valence-electron chi connectivity index (χ0n) is 22.6. The van der Waals surface area contributed by atoms with E-state index in [2.05, 4.69) is 29.6 Å². The van der Waals surface area contributed by atoms with Gasteiger partial charge in [-0.05, 0) is 53.3 Å². The summed E-state index contributed by atoms with van der Waals surface area (Å²) in [7, 11) is 1.59. The van der Waals surface area contributed by atoms with E-state index in [0.29, 0.717) is 32.4 Å². The van der Waals surface area contributed by atoms with Crippen LogP contribution in [0.3, 0.4) is 0 Å². The van der Waals surface area contributed by atoms with Gasteiger partial charge in [0.1, 0.15) is 11.9 Å². The number of carbonyl (C=O) groups is 3. The summed E-state index contributed by atoms with van der Waals surface area (Å²) >= 11 is 0. The molecule has 0 bridgehead atoms. The van der Waals surface area contributed by atoms with E-state index in [1.165, 1.54) is 12.1 Å². The number of amides is 3. The van der Waals surface area contributed by atoms with E-state index in [0.717, 1.165) is 21.9 Å². The van der Waals surface area contributed by atoms with E-state index in [1.807, 2.05) is 25.1 Å². The highest BCUT2D eigenvalue weighted by Gasteiger charge is 2.41. The van der Waals surface area contributed by atoms with E-state index < -0.39 is 12.1 Å². The molecular formula is C31H37FN4O3. The first kappa shape index (κ1) is 28.2. The van der Waals surface area contributed by atoms with E-state index in [4.69, 9.17) is 5.73 Å². The van der Waals surface area contributed by atoms with E-state index in [-0.39, 0.29) is 42.4 Å². The number of rotatable bonds is 10. The monoisotopic (exact) mass is 532 g/mol. The lowest BCUT2D eigenvalue weighted by Gasteiger charge is -2.44. The Morgan fingerprint density at radius 1 is 1.00 bits per heavy atom. The lowest BCUT2D eigenvalue weighted by atomic mass is 9.95. The van der Waals surface area contributed by atoms with Crippen LogP contribution in [-0.2, 0) is 27.2 Å². The Labute approximate surface area is 229 Å². The summed E-state index contributed by atoms with van der Waals surface area (Å²) in [4.78, 5) is 43.2. The molecule has 8 heteroatoms. The molecular weight excluding hydrogens is 495 g/mol. The molecule has 0 saturated carbocycles. The number of halogens is 1. The first-order chi connectivity index (χ1) is 18.8. The average molecular weight is 533 g/mol. The minimum Gasteiger partial charge on any atom is -0.359 e. The van der Waals surface area contributed by atoms with Gasteiger partial charge < -0.3 is 20.9 Å². The van der Waals surface area contributed by atoms with Crippen LogP contribution in [0.4, 0.5) is 4.39 Å². The highest BCUT2D eigenvalue weighted by atomic mass is 19.1. The van der Waals surface area contributed by atoms with Gasteiger partial charge in [0.15, 0.2) is 0 Å². The highest BCUT2D eigenvalue weighted by Crippen LogP contribution is 2.24. The van der Waals surface area contributed by atoms with Gasteiger partial charge in [0.25, 0.3) is 0 Å². The standard InChI is InChI=1S/C31H37FN4O3/c1-3-6-28-31(39)35(15-16-36(28)30(38)27(33)19-21-10-13-25(32)14-11-21)26(20-29(37)34-2)18-22-9-12-23-7-4-5-8-24(23)17-22/h4-5,7-14,17,26-28H,3,6,15-16,18-20,33H2,1-2H3,(H,34,37). The minimum absolute atomic E-state index is 0.138. The number of nitrogens with two attached hydrogens (primary N) is 1. The number of carbonyl (C=O) groups excluding carboxylic acids is 3. The molecule has 3 aromatic rings. The SMILES string of the molecule is CCCC1C(=O)N(C(CC(=O)NC)Cc2ccc3ccccc3c2)CCN1C(=O)C(N)Cc1ccc(F)cc1. The van der Waals surface area contributed by atoms with Crippen molar-refractivity contribution in [1.82, 2.24) is 15.1 Å². The molecule has 7 nitrogen and oxygen atoms in total. The number of nitrogens with one attached hydrogen (secondary N) is 1. The molecule has 0 aromatic heterocycles. The lowest BCUT2D eigenvalue weighted by molar-refractivity contribution is -0.155. The van der Waals surface area contributed by atoms with Crippen molar-refractivity contribution in [3.05, 3.63) is 83.7 Å². The van der Waals surface area contributed by atoms with Crippen LogP contribution in [0.5, 0.6) is 0 Å². The molecule has 1 aliphatic rings. The summed E-state index contributed by atoms with van der Waals surface area (Å²) in [6.45, 7) is 2.64. The summed E-state index contributed by atoms with van der Waals surface area (Å²) < 4.78 is 13.3. The molecule has 3 atom stereocenters. The fourth-order valence-corrected chi connectivity index (χ4v) is 5.41. The molecule has 39 heavy (non-hydrogen) atoms. The lowest BCUT2D eigenvalue weighted by Crippen LogP contribution is -2.63. The zero-order chi connectivity index (χ0) is 27.9. The molecule has 1 heterocycles. The molecule has 1 fully saturated rings. The molecule has 4 rings (SSSR count). The predicted molar refractivity (Wildman–Crippen MR) is 150 cm³/mol. The molecule has 0 spiro atoms. The third kappa shape index (κ3) is 6.81.